The van der Waals surface area contributed by atoms with E-state index in [2.05, 4.69) is 0 Å². The Morgan fingerprint density at radius 3 is 2.47 bits per heavy atom. The molecular formula is C13H21NO2S. The Morgan fingerprint density at radius 1 is 1.29 bits per heavy atom. The average Bonchev–Trinajstić information content (AvgIpc) is 2.30. The molecule has 0 bridgehead atoms. The molecule has 0 aliphatic carbocycles. The minimum absolute atomic E-state index is 0.155. The van der Waals surface area contributed by atoms with Crippen LogP contribution in [0.5, 0.6) is 5.75 Å². The van der Waals surface area contributed by atoms with E-state index in [1.807, 2.05) is 38.1 Å². The first-order valence-corrected chi connectivity index (χ1v) is 7.49. The third-order valence-corrected chi connectivity index (χ3v) is 4.01. The van der Waals surface area contributed by atoms with Gasteiger partial charge in [0.25, 0.3) is 0 Å². The molecule has 0 amide bonds. The second-order valence-electron chi connectivity index (χ2n) is 3.92. The predicted molar refractivity (Wildman–Crippen MR) is 72.7 cm³/mol. The van der Waals surface area contributed by atoms with Crippen molar-refractivity contribution >= 4 is 10.8 Å². The topological polar surface area (TPSA) is 52.3 Å². The van der Waals surface area contributed by atoms with E-state index in [1.165, 1.54) is 0 Å². The van der Waals surface area contributed by atoms with Crippen molar-refractivity contribution in [1.82, 2.24) is 0 Å². The SMILES string of the molecule is CCCS(=O)CC(N)c1ccc(OCC)cc1. The predicted octanol–water partition coefficient (Wildman–Crippen LogP) is 2.24. The standard InChI is InChI=1S/C13H21NO2S/c1-3-9-17(15)10-13(14)11-5-7-12(8-6-11)16-4-2/h5-8,13H,3-4,9-10,14H2,1-2H3. The van der Waals surface area contributed by atoms with Gasteiger partial charge in [0.1, 0.15) is 5.75 Å². The zero-order valence-electron chi connectivity index (χ0n) is 10.5. The van der Waals surface area contributed by atoms with Crippen molar-refractivity contribution in [2.45, 2.75) is 26.3 Å². The lowest BCUT2D eigenvalue weighted by atomic mass is 10.1. The molecule has 0 saturated carbocycles. The zero-order chi connectivity index (χ0) is 12.7. The molecule has 1 aromatic rings. The van der Waals surface area contributed by atoms with Gasteiger partial charge < -0.3 is 10.5 Å². The maximum absolute atomic E-state index is 11.6. The van der Waals surface area contributed by atoms with Crippen LogP contribution in [0.15, 0.2) is 24.3 Å². The Labute approximate surface area is 106 Å². The van der Waals surface area contributed by atoms with Crippen molar-refractivity contribution in [2.24, 2.45) is 5.73 Å². The van der Waals surface area contributed by atoms with Crippen LogP contribution in [0.25, 0.3) is 0 Å². The molecule has 0 spiro atoms. The van der Waals surface area contributed by atoms with Crippen molar-refractivity contribution in [3.05, 3.63) is 29.8 Å². The number of hydrogen-bond donors (Lipinski definition) is 1. The molecular weight excluding hydrogens is 234 g/mol. The van der Waals surface area contributed by atoms with Crippen molar-refractivity contribution in [2.75, 3.05) is 18.1 Å². The maximum atomic E-state index is 11.6. The summed E-state index contributed by atoms with van der Waals surface area (Å²) in [5.41, 5.74) is 7.03. The molecule has 0 fully saturated rings. The van der Waals surface area contributed by atoms with Gasteiger partial charge in [0.05, 0.1) is 6.61 Å². The van der Waals surface area contributed by atoms with Gasteiger partial charge >= 0.3 is 0 Å². The van der Waals surface area contributed by atoms with Crippen molar-refractivity contribution in [1.29, 1.82) is 0 Å². The van der Waals surface area contributed by atoms with Gasteiger partial charge in [-0.05, 0) is 31.0 Å². The van der Waals surface area contributed by atoms with Crippen LogP contribution < -0.4 is 10.5 Å². The van der Waals surface area contributed by atoms with Gasteiger partial charge in [0.15, 0.2) is 0 Å². The maximum Gasteiger partial charge on any atom is 0.119 e. The number of ether oxygens (including phenoxy) is 1. The molecule has 96 valence electrons. The Hall–Kier alpha value is -0.870. The van der Waals surface area contributed by atoms with E-state index >= 15 is 0 Å². The van der Waals surface area contributed by atoms with Crippen LogP contribution in [-0.4, -0.2) is 22.3 Å². The summed E-state index contributed by atoms with van der Waals surface area (Å²) in [6, 6.07) is 7.54. The summed E-state index contributed by atoms with van der Waals surface area (Å²) in [6.45, 7) is 4.64. The van der Waals surface area contributed by atoms with Crippen molar-refractivity contribution < 1.29 is 8.95 Å². The lowest BCUT2D eigenvalue weighted by Gasteiger charge is -2.12. The Bertz CT molecular complexity index is 351. The van der Waals surface area contributed by atoms with Crippen LogP contribution in [-0.2, 0) is 10.8 Å². The Morgan fingerprint density at radius 2 is 1.94 bits per heavy atom. The highest BCUT2D eigenvalue weighted by atomic mass is 32.2. The minimum atomic E-state index is -0.816. The summed E-state index contributed by atoms with van der Waals surface area (Å²) in [6.07, 6.45) is 0.933. The molecule has 2 atom stereocenters. The number of benzene rings is 1. The van der Waals surface area contributed by atoms with Crippen LogP contribution >= 0.6 is 0 Å². The molecule has 0 saturated heterocycles. The number of hydrogen-bond acceptors (Lipinski definition) is 3. The number of nitrogens with two attached hydrogens (primary N) is 1. The van der Waals surface area contributed by atoms with E-state index < -0.39 is 10.8 Å². The third kappa shape index (κ3) is 4.88. The fraction of sp³-hybridized carbons (Fsp3) is 0.538. The van der Waals surface area contributed by atoms with Gasteiger partial charge in [-0.1, -0.05) is 19.1 Å². The van der Waals surface area contributed by atoms with Crippen molar-refractivity contribution in [3.8, 4) is 5.75 Å². The molecule has 17 heavy (non-hydrogen) atoms. The highest BCUT2D eigenvalue weighted by Gasteiger charge is 2.09. The fourth-order valence-electron chi connectivity index (χ4n) is 1.59. The van der Waals surface area contributed by atoms with Crippen LogP contribution in [0, 0.1) is 0 Å². The van der Waals surface area contributed by atoms with Gasteiger partial charge in [-0.3, -0.25) is 4.21 Å². The molecule has 2 N–H and O–H groups in total. The molecule has 2 unspecified atom stereocenters. The molecule has 0 aliphatic rings. The minimum Gasteiger partial charge on any atom is -0.494 e. The van der Waals surface area contributed by atoms with E-state index in [-0.39, 0.29) is 6.04 Å². The molecule has 3 nitrogen and oxygen atoms in total. The van der Waals surface area contributed by atoms with Crippen LogP contribution in [0.3, 0.4) is 0 Å². The lowest BCUT2D eigenvalue weighted by Crippen LogP contribution is -2.19. The molecule has 0 aliphatic heterocycles. The smallest absolute Gasteiger partial charge is 0.119 e. The summed E-state index contributed by atoms with van der Waals surface area (Å²) in [5.74, 6) is 2.10. The summed E-state index contributed by atoms with van der Waals surface area (Å²) >= 11 is 0. The summed E-state index contributed by atoms with van der Waals surface area (Å²) in [4.78, 5) is 0. The first-order chi connectivity index (χ1) is 8.17. The summed E-state index contributed by atoms with van der Waals surface area (Å²) < 4.78 is 17.0. The number of rotatable bonds is 7. The molecule has 1 rings (SSSR count). The molecule has 1 aromatic carbocycles. The van der Waals surface area contributed by atoms with E-state index in [4.69, 9.17) is 10.5 Å². The molecule has 0 aromatic heterocycles. The van der Waals surface area contributed by atoms with Gasteiger partial charge in [-0.2, -0.15) is 0 Å². The first kappa shape index (κ1) is 14.2. The quantitative estimate of drug-likeness (QED) is 0.813. The van der Waals surface area contributed by atoms with Gasteiger partial charge in [-0.15, -0.1) is 0 Å². The van der Waals surface area contributed by atoms with E-state index in [0.29, 0.717) is 12.4 Å². The highest BCUT2D eigenvalue weighted by molar-refractivity contribution is 7.85. The Kier molecular flexibility index (Phi) is 6.22. The van der Waals surface area contributed by atoms with Crippen LogP contribution in [0.4, 0.5) is 0 Å². The average molecular weight is 255 g/mol. The van der Waals surface area contributed by atoms with Gasteiger partial charge in [0.2, 0.25) is 0 Å². The second-order valence-corrected chi connectivity index (χ2v) is 5.54. The third-order valence-electron chi connectivity index (χ3n) is 2.42. The van der Waals surface area contributed by atoms with Crippen LogP contribution in [0.2, 0.25) is 0 Å². The summed E-state index contributed by atoms with van der Waals surface area (Å²) in [5, 5.41) is 0. The largest absolute Gasteiger partial charge is 0.494 e. The molecule has 4 heteroatoms. The lowest BCUT2D eigenvalue weighted by molar-refractivity contribution is 0.340. The Balaban J connectivity index is 2.56. The zero-order valence-corrected chi connectivity index (χ0v) is 11.3. The van der Waals surface area contributed by atoms with E-state index in [9.17, 15) is 4.21 Å². The van der Waals surface area contributed by atoms with E-state index in [0.717, 1.165) is 23.5 Å². The fourth-order valence-corrected chi connectivity index (χ4v) is 2.80. The highest BCUT2D eigenvalue weighted by Crippen LogP contribution is 2.17. The van der Waals surface area contributed by atoms with Gasteiger partial charge in [-0.25, -0.2) is 0 Å². The van der Waals surface area contributed by atoms with Gasteiger partial charge in [0, 0.05) is 28.3 Å². The van der Waals surface area contributed by atoms with Crippen molar-refractivity contribution in [3.63, 3.8) is 0 Å². The second kappa shape index (κ2) is 7.45. The normalized spacial score (nSPS) is 14.3. The molecule has 0 heterocycles. The monoisotopic (exact) mass is 255 g/mol. The van der Waals surface area contributed by atoms with E-state index in [1.54, 1.807) is 0 Å². The van der Waals surface area contributed by atoms with Crippen LogP contribution in [0.1, 0.15) is 31.9 Å². The first-order valence-electron chi connectivity index (χ1n) is 6.00. The summed E-state index contributed by atoms with van der Waals surface area (Å²) in [7, 11) is -0.816. The molecule has 0 radical (unpaired) electrons.